The van der Waals surface area contributed by atoms with Gasteiger partial charge in [-0.3, -0.25) is 0 Å². The Morgan fingerprint density at radius 3 is 2.60 bits per heavy atom. The van der Waals surface area contributed by atoms with Crippen molar-refractivity contribution in [3.8, 4) is 0 Å². The van der Waals surface area contributed by atoms with E-state index in [1.54, 1.807) is 6.08 Å². The highest BCUT2D eigenvalue weighted by molar-refractivity contribution is 6.31. The zero-order chi connectivity index (χ0) is 11.1. The number of hydrogen-bond acceptors (Lipinski definition) is 2. The summed E-state index contributed by atoms with van der Waals surface area (Å²) in [5, 5.41) is 0.739. The molecule has 2 nitrogen and oxygen atoms in total. The summed E-state index contributed by atoms with van der Waals surface area (Å²) >= 11 is 6.08. The lowest BCUT2D eigenvalue weighted by molar-refractivity contribution is 0.556. The summed E-state index contributed by atoms with van der Waals surface area (Å²) in [7, 11) is 0. The van der Waals surface area contributed by atoms with Crippen LogP contribution in [-0.2, 0) is 10.3 Å². The van der Waals surface area contributed by atoms with Crippen LogP contribution in [0.25, 0.3) is 0 Å². The minimum Gasteiger partial charge on any atom is -0.211 e. The third kappa shape index (κ3) is 1.60. The van der Waals surface area contributed by atoms with Crippen molar-refractivity contribution >= 4 is 17.7 Å². The van der Waals surface area contributed by atoms with Crippen LogP contribution in [-0.4, -0.2) is 6.08 Å². The fraction of sp³-hybridized carbons (Fsp3) is 0.417. The summed E-state index contributed by atoms with van der Waals surface area (Å²) in [5.41, 5.74) is 2.97. The van der Waals surface area contributed by atoms with E-state index in [9.17, 15) is 4.79 Å². The maximum absolute atomic E-state index is 10.4. The molecule has 1 aromatic rings. The van der Waals surface area contributed by atoms with Gasteiger partial charge in [0.1, 0.15) is 0 Å². The molecule has 0 bridgehead atoms. The highest BCUT2D eigenvalue weighted by atomic mass is 35.5. The van der Waals surface area contributed by atoms with E-state index in [2.05, 4.69) is 4.99 Å². The molecule has 1 aliphatic rings. The number of benzene rings is 1. The van der Waals surface area contributed by atoms with E-state index >= 15 is 0 Å². The maximum atomic E-state index is 10.4. The van der Waals surface area contributed by atoms with Crippen LogP contribution in [0.5, 0.6) is 0 Å². The molecule has 78 valence electrons. The predicted octanol–water partition coefficient (Wildman–Crippen LogP) is 3.28. The Labute approximate surface area is 94.0 Å². The Kier molecular flexibility index (Phi) is 2.41. The van der Waals surface area contributed by atoms with Gasteiger partial charge in [0.15, 0.2) is 0 Å². The van der Waals surface area contributed by atoms with Crippen molar-refractivity contribution < 1.29 is 4.79 Å². The molecular formula is C12H12ClNO. The number of aryl methyl sites for hydroxylation is 1. The van der Waals surface area contributed by atoms with Crippen LogP contribution in [0.1, 0.15) is 29.5 Å². The molecule has 0 saturated heterocycles. The molecule has 1 saturated carbocycles. The first kappa shape index (κ1) is 10.4. The van der Waals surface area contributed by atoms with E-state index in [1.165, 1.54) is 0 Å². The average Bonchev–Trinajstić information content (AvgIpc) is 2.94. The Morgan fingerprint density at radius 1 is 1.40 bits per heavy atom. The van der Waals surface area contributed by atoms with Crippen molar-refractivity contribution in [1.29, 1.82) is 0 Å². The van der Waals surface area contributed by atoms with Crippen LogP contribution in [0, 0.1) is 13.8 Å². The number of carbonyl (C=O) groups excluding carboxylic acids is 1. The van der Waals surface area contributed by atoms with Crippen molar-refractivity contribution in [1.82, 2.24) is 0 Å². The lowest BCUT2D eigenvalue weighted by atomic mass is 9.94. The highest BCUT2D eigenvalue weighted by Gasteiger charge is 2.46. The SMILES string of the molecule is Cc1ccc(Cl)c(C)c1C1(N=C=O)CC1. The van der Waals surface area contributed by atoms with Gasteiger partial charge in [-0.25, -0.2) is 4.79 Å². The number of hydrogen-bond donors (Lipinski definition) is 0. The molecule has 0 atom stereocenters. The van der Waals surface area contributed by atoms with Crippen LogP contribution < -0.4 is 0 Å². The minimum atomic E-state index is -0.319. The molecule has 15 heavy (non-hydrogen) atoms. The van der Waals surface area contributed by atoms with Gasteiger partial charge in [-0.2, -0.15) is 4.99 Å². The Morgan fingerprint density at radius 2 is 2.07 bits per heavy atom. The molecule has 0 radical (unpaired) electrons. The molecule has 2 rings (SSSR count). The van der Waals surface area contributed by atoms with E-state index in [0.29, 0.717) is 0 Å². The zero-order valence-corrected chi connectivity index (χ0v) is 9.56. The van der Waals surface area contributed by atoms with Gasteiger partial charge in [-0.1, -0.05) is 17.7 Å². The smallest absolute Gasteiger partial charge is 0.211 e. The van der Waals surface area contributed by atoms with Gasteiger partial charge in [-0.15, -0.1) is 0 Å². The van der Waals surface area contributed by atoms with E-state index in [1.807, 2.05) is 26.0 Å². The van der Waals surface area contributed by atoms with Crippen molar-refractivity contribution in [2.75, 3.05) is 0 Å². The Bertz CT molecular complexity index is 457. The molecule has 0 heterocycles. The van der Waals surface area contributed by atoms with Gasteiger partial charge in [0, 0.05) is 5.02 Å². The lowest BCUT2D eigenvalue weighted by Gasteiger charge is -2.16. The molecule has 1 fully saturated rings. The van der Waals surface area contributed by atoms with E-state index in [-0.39, 0.29) is 5.54 Å². The topological polar surface area (TPSA) is 29.4 Å². The molecule has 1 aliphatic carbocycles. The van der Waals surface area contributed by atoms with E-state index in [4.69, 9.17) is 11.6 Å². The second-order valence-electron chi connectivity index (χ2n) is 4.10. The molecule has 0 aromatic heterocycles. The van der Waals surface area contributed by atoms with Crippen molar-refractivity contribution in [3.05, 3.63) is 33.8 Å². The third-order valence-electron chi connectivity index (χ3n) is 3.06. The summed E-state index contributed by atoms with van der Waals surface area (Å²) in [5.74, 6) is 0. The molecule has 0 N–H and O–H groups in total. The maximum Gasteiger partial charge on any atom is 0.235 e. The monoisotopic (exact) mass is 221 g/mol. The molecule has 0 unspecified atom stereocenters. The normalized spacial score (nSPS) is 17.0. The minimum absolute atomic E-state index is 0.319. The summed E-state index contributed by atoms with van der Waals surface area (Å²) in [6.45, 7) is 4.00. The quantitative estimate of drug-likeness (QED) is 0.557. The Hall–Kier alpha value is -1.11. The van der Waals surface area contributed by atoms with Crippen LogP contribution in [0.3, 0.4) is 0 Å². The molecular weight excluding hydrogens is 210 g/mol. The standard InChI is InChI=1S/C12H12ClNO/c1-8-3-4-10(13)9(2)11(8)12(5-6-12)14-7-15/h3-4H,5-6H2,1-2H3. The number of halogens is 1. The summed E-state index contributed by atoms with van der Waals surface area (Å²) in [6, 6.07) is 3.86. The fourth-order valence-electron chi connectivity index (χ4n) is 2.16. The first-order valence-electron chi connectivity index (χ1n) is 4.96. The van der Waals surface area contributed by atoms with Gasteiger partial charge in [0.25, 0.3) is 0 Å². The van der Waals surface area contributed by atoms with Crippen LogP contribution in [0.2, 0.25) is 5.02 Å². The molecule has 0 aliphatic heterocycles. The van der Waals surface area contributed by atoms with Gasteiger partial charge in [0.05, 0.1) is 5.54 Å². The molecule has 3 heteroatoms. The van der Waals surface area contributed by atoms with Crippen LogP contribution in [0.4, 0.5) is 0 Å². The fourth-order valence-corrected chi connectivity index (χ4v) is 2.32. The van der Waals surface area contributed by atoms with Gasteiger partial charge in [0.2, 0.25) is 6.08 Å². The van der Waals surface area contributed by atoms with Crippen molar-refractivity contribution in [2.24, 2.45) is 4.99 Å². The number of aliphatic imine (C=N–C) groups is 1. The summed E-state index contributed by atoms with van der Waals surface area (Å²) in [4.78, 5) is 14.4. The number of isocyanates is 1. The largest absolute Gasteiger partial charge is 0.235 e. The first-order chi connectivity index (χ1) is 7.10. The average molecular weight is 222 g/mol. The first-order valence-corrected chi connectivity index (χ1v) is 5.34. The summed E-state index contributed by atoms with van der Waals surface area (Å²) < 4.78 is 0. The van der Waals surface area contributed by atoms with Crippen LogP contribution >= 0.6 is 11.6 Å². The van der Waals surface area contributed by atoms with Gasteiger partial charge < -0.3 is 0 Å². The number of nitrogens with zero attached hydrogens (tertiary/aromatic N) is 1. The molecule has 0 amide bonds. The third-order valence-corrected chi connectivity index (χ3v) is 3.47. The van der Waals surface area contributed by atoms with Crippen molar-refractivity contribution in [2.45, 2.75) is 32.2 Å². The van der Waals surface area contributed by atoms with E-state index < -0.39 is 0 Å². The van der Waals surface area contributed by atoms with E-state index in [0.717, 1.165) is 34.6 Å². The van der Waals surface area contributed by atoms with Gasteiger partial charge >= 0.3 is 0 Å². The molecule has 1 aromatic carbocycles. The number of rotatable bonds is 2. The Balaban J connectivity index is 2.62. The summed E-state index contributed by atoms with van der Waals surface area (Å²) in [6.07, 6.45) is 3.52. The van der Waals surface area contributed by atoms with Crippen molar-refractivity contribution in [3.63, 3.8) is 0 Å². The van der Waals surface area contributed by atoms with Crippen LogP contribution in [0.15, 0.2) is 17.1 Å². The second kappa shape index (κ2) is 3.48. The highest BCUT2D eigenvalue weighted by Crippen LogP contribution is 2.52. The predicted molar refractivity (Wildman–Crippen MR) is 60.0 cm³/mol. The second-order valence-corrected chi connectivity index (χ2v) is 4.51. The van der Waals surface area contributed by atoms with Gasteiger partial charge in [-0.05, 0) is 49.4 Å². The lowest BCUT2D eigenvalue weighted by Crippen LogP contribution is -2.07. The zero-order valence-electron chi connectivity index (χ0n) is 8.80. The molecule has 0 spiro atoms.